The maximum Gasteiger partial charge on any atom is 0.0801 e. The highest BCUT2D eigenvalue weighted by atomic mass is 32.1. The Hall–Kier alpha value is -3.01. The van der Waals surface area contributed by atoms with E-state index in [1.165, 1.54) is 16.0 Å². The number of thiazole rings is 1. The number of aromatic nitrogens is 1. The summed E-state index contributed by atoms with van der Waals surface area (Å²) >= 11 is 1.67. The van der Waals surface area contributed by atoms with E-state index in [4.69, 9.17) is 15.4 Å². The van der Waals surface area contributed by atoms with Gasteiger partial charge in [0.2, 0.25) is 0 Å². The Morgan fingerprint density at radius 2 is 1.85 bits per heavy atom. The van der Waals surface area contributed by atoms with Crippen molar-refractivity contribution >= 4 is 11.3 Å². The molecule has 228 valence electrons. The van der Waals surface area contributed by atoms with Crippen LogP contribution in [0.25, 0.3) is 10.4 Å². The molecule has 2 aromatic rings. The summed E-state index contributed by atoms with van der Waals surface area (Å²) in [5, 5.41) is 19.6. The average Bonchev–Trinajstić information content (AvgIpc) is 3.61. The number of nitrogens with one attached hydrogen (secondary N) is 2. The molecule has 8 heteroatoms. The van der Waals surface area contributed by atoms with Crippen LogP contribution in [-0.2, 0) is 11.4 Å². The van der Waals surface area contributed by atoms with Crippen LogP contribution in [0.4, 0.5) is 0 Å². The van der Waals surface area contributed by atoms with Gasteiger partial charge in [-0.2, -0.15) is 16.0 Å². The van der Waals surface area contributed by atoms with Gasteiger partial charge in [0.25, 0.3) is 0 Å². The molecule has 0 bridgehead atoms. The Balaban J connectivity index is 0. The largest absolute Gasteiger partial charge is 0.394 e. The van der Waals surface area contributed by atoms with Crippen molar-refractivity contribution in [2.24, 2.45) is 17.3 Å². The maximum atomic E-state index is 8.71. The number of aryl methyl sites for hydroxylation is 1. The molecular formula is C33H54N6OS. The summed E-state index contributed by atoms with van der Waals surface area (Å²) in [4.78, 5) is 12.7. The van der Waals surface area contributed by atoms with Gasteiger partial charge in [-0.1, -0.05) is 65.0 Å². The monoisotopic (exact) mass is 582 g/mol. The van der Waals surface area contributed by atoms with Crippen LogP contribution in [0.1, 0.15) is 65.1 Å². The van der Waals surface area contributed by atoms with Crippen LogP contribution >= 0.6 is 11.3 Å². The molecule has 0 amide bonds. The van der Waals surface area contributed by atoms with E-state index in [0.29, 0.717) is 5.41 Å². The van der Waals surface area contributed by atoms with Crippen LogP contribution < -0.4 is 10.8 Å². The van der Waals surface area contributed by atoms with E-state index in [-0.39, 0.29) is 11.8 Å². The molecule has 0 radical (unpaired) electrons. The van der Waals surface area contributed by atoms with E-state index in [0.717, 1.165) is 51.1 Å². The second-order valence-corrected chi connectivity index (χ2v) is 11.6. The van der Waals surface area contributed by atoms with Crippen molar-refractivity contribution < 1.29 is 4.84 Å². The lowest BCUT2D eigenvalue weighted by Gasteiger charge is -2.25. The lowest BCUT2D eigenvalue weighted by Crippen LogP contribution is -2.30. The number of nitriles is 2. The molecule has 0 saturated carbocycles. The SMILES string of the molecule is C=C.C=CNC.CC(C)(C)CN1CCC(C#N)C1.CCCC(C)C#N.CONCc1ccc(-c2scnc2C)cc1. The number of benzene rings is 1. The number of hydrogen-bond acceptors (Lipinski definition) is 8. The molecule has 3 rings (SSSR count). The first kappa shape index (κ1) is 40.1. The molecule has 2 unspecified atom stereocenters. The van der Waals surface area contributed by atoms with E-state index < -0.39 is 0 Å². The van der Waals surface area contributed by atoms with Crippen molar-refractivity contribution in [2.45, 2.75) is 67.3 Å². The van der Waals surface area contributed by atoms with Crippen molar-refractivity contribution in [1.29, 1.82) is 10.5 Å². The van der Waals surface area contributed by atoms with Gasteiger partial charge in [0.15, 0.2) is 0 Å². The lowest BCUT2D eigenvalue weighted by molar-refractivity contribution is 0.0867. The number of hydroxylamine groups is 1. The first-order valence-electron chi connectivity index (χ1n) is 14.1. The summed E-state index contributed by atoms with van der Waals surface area (Å²) in [5.74, 6) is 0.539. The van der Waals surface area contributed by atoms with E-state index >= 15 is 0 Å². The zero-order valence-electron chi connectivity index (χ0n) is 26.8. The van der Waals surface area contributed by atoms with Crippen molar-refractivity contribution in [3.8, 4) is 22.6 Å². The minimum Gasteiger partial charge on any atom is -0.394 e. The van der Waals surface area contributed by atoms with E-state index in [9.17, 15) is 0 Å². The Bertz CT molecular complexity index is 1000. The van der Waals surface area contributed by atoms with E-state index in [2.05, 4.69) is 105 Å². The van der Waals surface area contributed by atoms with Crippen LogP contribution in [0, 0.1) is 46.8 Å². The van der Waals surface area contributed by atoms with Gasteiger partial charge < -0.3 is 15.1 Å². The summed E-state index contributed by atoms with van der Waals surface area (Å²) in [5.41, 5.74) is 8.58. The number of likely N-dealkylation sites (tertiary alicyclic amines) is 1. The fraction of sp³-hybridized carbons (Fsp3) is 0.545. The summed E-state index contributed by atoms with van der Waals surface area (Å²) < 4.78 is 0. The van der Waals surface area contributed by atoms with Crippen molar-refractivity contribution in [3.05, 3.63) is 67.0 Å². The molecule has 0 aliphatic carbocycles. The first-order chi connectivity index (χ1) is 19.5. The van der Waals surface area contributed by atoms with Crippen LogP contribution in [0.5, 0.6) is 0 Å². The van der Waals surface area contributed by atoms with Crippen LogP contribution in [0.15, 0.2) is 55.7 Å². The zero-order valence-corrected chi connectivity index (χ0v) is 27.6. The maximum absolute atomic E-state index is 8.71. The quantitative estimate of drug-likeness (QED) is 0.243. The Kier molecular flexibility index (Phi) is 24.2. The second kappa shape index (κ2) is 24.8. The molecule has 1 fully saturated rings. The van der Waals surface area contributed by atoms with E-state index in [1.807, 2.05) is 26.4 Å². The summed E-state index contributed by atoms with van der Waals surface area (Å²) in [6.45, 7) is 26.1. The molecule has 2 N–H and O–H groups in total. The molecule has 2 atom stereocenters. The molecule has 1 aliphatic heterocycles. The summed E-state index contributed by atoms with van der Waals surface area (Å²) in [6, 6.07) is 12.9. The highest BCUT2D eigenvalue weighted by molar-refractivity contribution is 7.13. The van der Waals surface area contributed by atoms with Crippen LogP contribution in [0.2, 0.25) is 0 Å². The Morgan fingerprint density at radius 3 is 2.22 bits per heavy atom. The van der Waals surface area contributed by atoms with Crippen molar-refractivity contribution in [1.82, 2.24) is 20.7 Å². The molecular weight excluding hydrogens is 528 g/mol. The van der Waals surface area contributed by atoms with Gasteiger partial charge >= 0.3 is 0 Å². The number of rotatable bonds is 8. The number of nitrogens with zero attached hydrogens (tertiary/aromatic N) is 4. The normalized spacial score (nSPS) is 14.4. The Labute approximate surface area is 254 Å². The minimum absolute atomic E-state index is 0.255. The summed E-state index contributed by atoms with van der Waals surface area (Å²) in [7, 11) is 3.43. The van der Waals surface area contributed by atoms with Gasteiger partial charge in [0.1, 0.15) is 0 Å². The number of hydrogen-bond donors (Lipinski definition) is 2. The molecule has 1 aromatic heterocycles. The van der Waals surface area contributed by atoms with Crippen LogP contribution in [-0.4, -0.2) is 43.7 Å². The third kappa shape index (κ3) is 20.5. The van der Waals surface area contributed by atoms with Crippen molar-refractivity contribution in [2.75, 3.05) is 33.8 Å². The predicted molar refractivity (Wildman–Crippen MR) is 176 cm³/mol. The molecule has 7 nitrogen and oxygen atoms in total. The third-order valence-electron chi connectivity index (χ3n) is 5.68. The highest BCUT2D eigenvalue weighted by Crippen LogP contribution is 2.27. The minimum atomic E-state index is 0.255. The van der Waals surface area contributed by atoms with Gasteiger partial charge in [-0.25, -0.2) is 4.98 Å². The molecule has 41 heavy (non-hydrogen) atoms. The van der Waals surface area contributed by atoms with E-state index in [1.54, 1.807) is 24.6 Å². The Morgan fingerprint density at radius 1 is 1.24 bits per heavy atom. The molecule has 1 saturated heterocycles. The van der Waals surface area contributed by atoms with Gasteiger partial charge in [-0.3, -0.25) is 0 Å². The fourth-order valence-electron chi connectivity index (χ4n) is 3.76. The van der Waals surface area contributed by atoms with Gasteiger partial charge in [0, 0.05) is 32.6 Å². The van der Waals surface area contributed by atoms with Gasteiger partial charge in [-0.15, -0.1) is 24.5 Å². The smallest absolute Gasteiger partial charge is 0.0801 e. The predicted octanol–water partition coefficient (Wildman–Crippen LogP) is 7.75. The lowest BCUT2D eigenvalue weighted by atomic mass is 9.96. The molecule has 0 spiro atoms. The third-order valence-corrected chi connectivity index (χ3v) is 6.66. The highest BCUT2D eigenvalue weighted by Gasteiger charge is 2.25. The van der Waals surface area contributed by atoms with Gasteiger partial charge in [0.05, 0.1) is 41.2 Å². The van der Waals surface area contributed by atoms with Gasteiger partial charge in [-0.05, 0) is 56.0 Å². The van der Waals surface area contributed by atoms with Crippen molar-refractivity contribution in [3.63, 3.8) is 0 Å². The zero-order chi connectivity index (χ0) is 31.7. The molecule has 1 aliphatic rings. The summed E-state index contributed by atoms with van der Waals surface area (Å²) in [6.07, 6.45) is 4.85. The molecule has 2 heterocycles. The fourth-order valence-corrected chi connectivity index (χ4v) is 4.57. The second-order valence-electron chi connectivity index (χ2n) is 10.7. The topological polar surface area (TPSA) is 97.0 Å². The van der Waals surface area contributed by atoms with Crippen LogP contribution in [0.3, 0.4) is 0 Å². The first-order valence-corrected chi connectivity index (χ1v) is 15.0. The average molecular weight is 583 g/mol. The standard InChI is InChI=1S/C12H14N2OS.C10H18N2.C6H11N.C3H7N.C2H4/c1-9-12(16-8-13-9)11-5-3-10(4-6-11)7-14-15-2;1-10(2,3)8-12-5-4-9(6-11)7-12;1-3-4-6(2)5-7;1-3-4-2;1-2/h3-6,8,14H,7H2,1-2H3;9H,4-5,7-8H2,1-3H3;6H,3-4H2,1-2H3;3-4H,1H2,2H3;1-2H2. The molecule has 1 aromatic carbocycles.